The summed E-state index contributed by atoms with van der Waals surface area (Å²) in [5.41, 5.74) is 1.52. The van der Waals surface area contributed by atoms with Crippen LogP contribution in [0.15, 0.2) is 18.2 Å². The number of aryl methyl sites for hydroxylation is 1. The highest BCUT2D eigenvalue weighted by Gasteiger charge is 2.11. The summed E-state index contributed by atoms with van der Waals surface area (Å²) in [5, 5.41) is 4.74. The van der Waals surface area contributed by atoms with Crippen molar-refractivity contribution in [3.8, 4) is 0 Å². The van der Waals surface area contributed by atoms with Crippen molar-refractivity contribution in [2.45, 2.75) is 13.8 Å². The molecule has 1 N–H and O–H groups in total. The van der Waals surface area contributed by atoms with Crippen molar-refractivity contribution in [1.82, 2.24) is 4.98 Å². The molecule has 0 saturated carbocycles. The van der Waals surface area contributed by atoms with E-state index >= 15 is 0 Å². The zero-order valence-electron chi connectivity index (χ0n) is 9.75. The molecular formula is C12H10Cl2N2OS. The first-order valence-corrected chi connectivity index (χ1v) is 6.75. The second-order valence-electron chi connectivity index (χ2n) is 3.74. The summed E-state index contributed by atoms with van der Waals surface area (Å²) in [6, 6.07) is 5.23. The number of nitrogens with one attached hydrogen (secondary N) is 1. The summed E-state index contributed by atoms with van der Waals surface area (Å²) in [7, 11) is 0. The Labute approximate surface area is 119 Å². The van der Waals surface area contributed by atoms with Gasteiger partial charge < -0.3 is 5.32 Å². The van der Waals surface area contributed by atoms with Crippen molar-refractivity contribution < 1.29 is 4.79 Å². The minimum atomic E-state index is 0.0205. The maximum atomic E-state index is 11.3. The van der Waals surface area contributed by atoms with E-state index in [2.05, 4.69) is 10.3 Å². The molecule has 0 unspecified atom stereocenters. The molecule has 0 aliphatic heterocycles. The highest BCUT2D eigenvalue weighted by molar-refractivity contribution is 7.17. The summed E-state index contributed by atoms with van der Waals surface area (Å²) in [6.45, 7) is 3.34. The normalized spacial score (nSPS) is 10.4. The number of nitrogens with zero attached hydrogens (tertiary/aromatic N) is 1. The largest absolute Gasteiger partial charge is 0.331 e. The highest BCUT2D eigenvalue weighted by atomic mass is 35.5. The van der Waals surface area contributed by atoms with E-state index in [0.717, 1.165) is 11.4 Å². The first kappa shape index (κ1) is 13.3. The number of carbonyl (C=O) groups is 1. The molecule has 94 valence electrons. The zero-order valence-corrected chi connectivity index (χ0v) is 12.1. The van der Waals surface area contributed by atoms with E-state index < -0.39 is 0 Å². The Hall–Kier alpha value is -1.10. The third kappa shape index (κ3) is 2.83. The Balaban J connectivity index is 2.26. The lowest BCUT2D eigenvalue weighted by Crippen LogP contribution is -1.90. The molecule has 2 aromatic rings. The number of ketones is 1. The molecule has 6 heteroatoms. The van der Waals surface area contributed by atoms with Crippen LogP contribution < -0.4 is 5.32 Å². The minimum Gasteiger partial charge on any atom is -0.331 e. The average Bonchev–Trinajstić information content (AvgIpc) is 2.65. The molecule has 3 nitrogen and oxygen atoms in total. The van der Waals surface area contributed by atoms with Gasteiger partial charge in [-0.25, -0.2) is 4.98 Å². The van der Waals surface area contributed by atoms with Crippen LogP contribution >= 0.6 is 34.5 Å². The van der Waals surface area contributed by atoms with Gasteiger partial charge >= 0.3 is 0 Å². The molecule has 0 radical (unpaired) electrons. The van der Waals surface area contributed by atoms with Crippen LogP contribution in [0.3, 0.4) is 0 Å². The van der Waals surface area contributed by atoms with E-state index in [1.807, 2.05) is 6.92 Å². The van der Waals surface area contributed by atoms with Crippen molar-refractivity contribution in [3.05, 3.63) is 38.8 Å². The topological polar surface area (TPSA) is 42.0 Å². The molecular weight excluding hydrogens is 291 g/mol. The highest BCUT2D eigenvalue weighted by Crippen LogP contribution is 2.29. The molecule has 0 fully saturated rings. The van der Waals surface area contributed by atoms with E-state index in [1.54, 1.807) is 18.2 Å². The summed E-state index contributed by atoms with van der Waals surface area (Å²) < 4.78 is 0. The van der Waals surface area contributed by atoms with Gasteiger partial charge in [-0.05, 0) is 25.1 Å². The van der Waals surface area contributed by atoms with E-state index in [4.69, 9.17) is 23.2 Å². The monoisotopic (exact) mass is 300 g/mol. The van der Waals surface area contributed by atoms with Gasteiger partial charge in [-0.3, -0.25) is 4.79 Å². The minimum absolute atomic E-state index is 0.0205. The van der Waals surface area contributed by atoms with Crippen molar-refractivity contribution in [3.63, 3.8) is 0 Å². The summed E-state index contributed by atoms with van der Waals surface area (Å²) >= 11 is 13.1. The van der Waals surface area contributed by atoms with Crippen LogP contribution in [0.25, 0.3) is 0 Å². The van der Waals surface area contributed by atoms with E-state index in [0.29, 0.717) is 20.1 Å². The third-order valence-electron chi connectivity index (χ3n) is 2.29. The maximum Gasteiger partial charge on any atom is 0.188 e. The van der Waals surface area contributed by atoms with Gasteiger partial charge in [0.15, 0.2) is 10.9 Å². The van der Waals surface area contributed by atoms with E-state index in [-0.39, 0.29) is 5.78 Å². The molecule has 1 heterocycles. The zero-order chi connectivity index (χ0) is 13.3. The third-order valence-corrected chi connectivity index (χ3v) is 4.20. The molecule has 2 rings (SSSR count). The number of hydrogen-bond donors (Lipinski definition) is 1. The van der Waals surface area contributed by atoms with Crippen molar-refractivity contribution in [2.75, 3.05) is 5.32 Å². The van der Waals surface area contributed by atoms with Crippen molar-refractivity contribution >= 4 is 51.1 Å². The van der Waals surface area contributed by atoms with Crippen molar-refractivity contribution in [1.29, 1.82) is 0 Å². The molecule has 0 amide bonds. The number of hydrogen-bond acceptors (Lipinski definition) is 4. The predicted molar refractivity (Wildman–Crippen MR) is 76.6 cm³/mol. The standard InChI is InChI=1S/C12H10Cl2N2OS/c1-6-11(7(2)17)18-12(15-6)16-8-3-4-9(13)10(14)5-8/h3-5H,1-2H3,(H,15,16). The van der Waals surface area contributed by atoms with Crippen LogP contribution in [0.1, 0.15) is 22.3 Å². The van der Waals surface area contributed by atoms with Crippen LogP contribution in [-0.2, 0) is 0 Å². The Morgan fingerprint density at radius 3 is 2.61 bits per heavy atom. The molecule has 0 atom stereocenters. The number of rotatable bonds is 3. The number of Topliss-reactive ketones (excluding diaryl/α,β-unsaturated/α-hetero) is 1. The Morgan fingerprint density at radius 2 is 2.06 bits per heavy atom. The van der Waals surface area contributed by atoms with Crippen molar-refractivity contribution in [2.24, 2.45) is 0 Å². The second-order valence-corrected chi connectivity index (χ2v) is 5.56. The fourth-order valence-corrected chi connectivity index (χ4v) is 2.65. The molecule has 1 aromatic carbocycles. The van der Waals surface area contributed by atoms with Crippen LogP contribution in [0.5, 0.6) is 0 Å². The van der Waals surface area contributed by atoms with Crippen LogP contribution in [0, 0.1) is 6.92 Å². The molecule has 1 aromatic heterocycles. The lowest BCUT2D eigenvalue weighted by Gasteiger charge is -2.03. The average molecular weight is 301 g/mol. The smallest absolute Gasteiger partial charge is 0.188 e. The molecule has 0 saturated heterocycles. The van der Waals surface area contributed by atoms with Gasteiger partial charge in [0.2, 0.25) is 0 Å². The predicted octanol–water partition coefficient (Wildman–Crippen LogP) is 4.70. The number of aromatic nitrogens is 1. The SMILES string of the molecule is CC(=O)c1sc(Nc2ccc(Cl)c(Cl)c2)nc1C. The van der Waals surface area contributed by atoms with Gasteiger partial charge in [-0.2, -0.15) is 0 Å². The summed E-state index contributed by atoms with van der Waals surface area (Å²) in [5.74, 6) is 0.0205. The molecule has 0 aliphatic rings. The summed E-state index contributed by atoms with van der Waals surface area (Å²) in [6.07, 6.45) is 0. The summed E-state index contributed by atoms with van der Waals surface area (Å²) in [4.78, 5) is 16.3. The molecule has 0 bridgehead atoms. The van der Waals surface area contributed by atoms with Gasteiger partial charge in [0.1, 0.15) is 0 Å². The lowest BCUT2D eigenvalue weighted by molar-refractivity contribution is 0.102. The van der Waals surface area contributed by atoms with Gasteiger partial charge in [0, 0.05) is 12.6 Å². The van der Waals surface area contributed by atoms with Crippen LogP contribution in [-0.4, -0.2) is 10.8 Å². The van der Waals surface area contributed by atoms with E-state index in [1.165, 1.54) is 18.3 Å². The van der Waals surface area contributed by atoms with Crippen LogP contribution in [0.4, 0.5) is 10.8 Å². The molecule has 18 heavy (non-hydrogen) atoms. The quantitative estimate of drug-likeness (QED) is 0.835. The fourth-order valence-electron chi connectivity index (χ4n) is 1.47. The number of thiazole rings is 1. The Bertz CT molecular complexity index is 610. The van der Waals surface area contributed by atoms with Gasteiger partial charge in [0.05, 0.1) is 20.6 Å². The Morgan fingerprint density at radius 1 is 1.33 bits per heavy atom. The lowest BCUT2D eigenvalue weighted by atomic mass is 10.3. The number of anilines is 2. The number of halogens is 2. The van der Waals surface area contributed by atoms with E-state index in [9.17, 15) is 4.79 Å². The fraction of sp³-hybridized carbons (Fsp3) is 0.167. The van der Waals surface area contributed by atoms with Gasteiger partial charge in [-0.1, -0.05) is 34.5 Å². The first-order valence-electron chi connectivity index (χ1n) is 5.18. The van der Waals surface area contributed by atoms with Gasteiger partial charge in [0.25, 0.3) is 0 Å². The second kappa shape index (κ2) is 5.26. The maximum absolute atomic E-state index is 11.3. The first-order chi connectivity index (χ1) is 8.47. The van der Waals surface area contributed by atoms with Gasteiger partial charge in [-0.15, -0.1) is 0 Å². The molecule has 0 spiro atoms. The Kier molecular flexibility index (Phi) is 3.90. The molecule has 0 aliphatic carbocycles. The number of carbonyl (C=O) groups excluding carboxylic acids is 1. The van der Waals surface area contributed by atoms with Crippen LogP contribution in [0.2, 0.25) is 10.0 Å². The number of benzene rings is 1.